The molecule has 2 N–H and O–H groups in total. The number of carboxylic acid groups (broad SMARTS) is 1. The van der Waals surface area contributed by atoms with E-state index in [-0.39, 0.29) is 17.4 Å². The van der Waals surface area contributed by atoms with Gasteiger partial charge >= 0.3 is 5.97 Å². The first kappa shape index (κ1) is 16.1. The number of halogens is 1. The molecule has 122 valence electrons. The van der Waals surface area contributed by atoms with Crippen LogP contribution < -0.4 is 5.32 Å². The lowest BCUT2D eigenvalue weighted by Crippen LogP contribution is -2.26. The highest BCUT2D eigenvalue weighted by Gasteiger charge is 2.32. The molecule has 6 nitrogen and oxygen atoms in total. The molecule has 0 saturated carbocycles. The maximum atomic E-state index is 13.8. The number of thioether (sulfide) groups is 1. The Hall–Kier alpha value is -2.74. The summed E-state index contributed by atoms with van der Waals surface area (Å²) in [7, 11) is 0. The Morgan fingerprint density at radius 2 is 2.04 bits per heavy atom. The molecular weight excluding hydrogens is 333 g/mol. The van der Waals surface area contributed by atoms with Crippen molar-refractivity contribution in [3.05, 3.63) is 47.8 Å². The molecule has 1 aliphatic rings. The average molecular weight is 345 g/mol. The summed E-state index contributed by atoms with van der Waals surface area (Å²) in [6, 6.07) is 9.95. The largest absolute Gasteiger partial charge is 0.481 e. The second-order valence-corrected chi connectivity index (χ2v) is 6.22. The Morgan fingerprint density at radius 3 is 2.83 bits per heavy atom. The molecule has 8 heteroatoms. The molecule has 24 heavy (non-hydrogen) atoms. The van der Waals surface area contributed by atoms with Crippen LogP contribution in [0.25, 0.3) is 10.8 Å². The molecule has 1 aliphatic heterocycles. The second-order valence-electron chi connectivity index (χ2n) is 5.03. The van der Waals surface area contributed by atoms with Crippen molar-refractivity contribution in [3.63, 3.8) is 0 Å². The van der Waals surface area contributed by atoms with Crippen LogP contribution in [-0.2, 0) is 9.59 Å². The number of carbonyl (C=O) groups excluding carboxylic acids is 1. The maximum Gasteiger partial charge on any atom is 0.305 e. The van der Waals surface area contributed by atoms with Crippen LogP contribution in [-0.4, -0.2) is 33.6 Å². The van der Waals surface area contributed by atoms with E-state index in [4.69, 9.17) is 5.11 Å². The molecule has 1 heterocycles. The predicted molar refractivity (Wildman–Crippen MR) is 90.7 cm³/mol. The highest BCUT2D eigenvalue weighted by Crippen LogP contribution is 2.23. The molecule has 1 unspecified atom stereocenters. The van der Waals surface area contributed by atoms with Gasteiger partial charge in [-0.1, -0.05) is 42.1 Å². The van der Waals surface area contributed by atoms with Crippen molar-refractivity contribution >= 4 is 45.8 Å². The third-order valence-corrected chi connectivity index (χ3v) is 4.46. The summed E-state index contributed by atoms with van der Waals surface area (Å²) in [5.41, 5.74) is 0.688. The molecule has 1 saturated heterocycles. The van der Waals surface area contributed by atoms with E-state index in [9.17, 15) is 14.0 Å². The van der Waals surface area contributed by atoms with Crippen LogP contribution in [0.1, 0.15) is 12.0 Å². The second kappa shape index (κ2) is 6.79. The van der Waals surface area contributed by atoms with Gasteiger partial charge in [0.25, 0.3) is 0 Å². The number of nitrogens with one attached hydrogen (secondary N) is 1. The minimum atomic E-state index is -1.05. The minimum Gasteiger partial charge on any atom is -0.481 e. The van der Waals surface area contributed by atoms with E-state index in [1.54, 1.807) is 30.3 Å². The molecule has 2 aromatic rings. The van der Waals surface area contributed by atoms with Crippen LogP contribution in [0.5, 0.6) is 0 Å². The van der Waals surface area contributed by atoms with Crippen molar-refractivity contribution in [3.8, 4) is 0 Å². The lowest BCUT2D eigenvalue weighted by atomic mass is 10.1. The molecule has 1 fully saturated rings. The SMILES string of the molecule is O=C(O)CC1SC(=NN=Cc2cccc3c(F)cccc23)NC1=O. The van der Waals surface area contributed by atoms with Gasteiger partial charge in [0.1, 0.15) is 11.1 Å². The van der Waals surface area contributed by atoms with Crippen LogP contribution >= 0.6 is 11.8 Å². The van der Waals surface area contributed by atoms with E-state index < -0.39 is 17.1 Å². The number of hydrogen-bond donors (Lipinski definition) is 2. The normalized spacial score (nSPS) is 19.3. The number of carboxylic acids is 1. The van der Waals surface area contributed by atoms with Crippen LogP contribution in [0, 0.1) is 5.82 Å². The quantitative estimate of drug-likeness (QED) is 0.657. The number of hydrogen-bond acceptors (Lipinski definition) is 5. The molecule has 0 aliphatic carbocycles. The summed E-state index contributed by atoms with van der Waals surface area (Å²) < 4.78 is 13.8. The Kier molecular flexibility index (Phi) is 4.57. The monoisotopic (exact) mass is 345 g/mol. The summed E-state index contributed by atoms with van der Waals surface area (Å²) in [6.45, 7) is 0. The first-order valence-electron chi connectivity index (χ1n) is 7.02. The highest BCUT2D eigenvalue weighted by atomic mass is 32.2. The van der Waals surface area contributed by atoms with E-state index >= 15 is 0 Å². The standard InChI is InChI=1S/C16H12FN3O3S/c17-12-6-2-4-10-9(3-1-5-11(10)12)8-18-20-16-19-15(23)13(24-16)7-14(21)22/h1-6,8,13H,7H2,(H,21,22)(H,19,20,23). The molecule has 0 spiro atoms. The van der Waals surface area contributed by atoms with Crippen molar-refractivity contribution in [2.75, 3.05) is 0 Å². The fourth-order valence-corrected chi connectivity index (χ4v) is 3.21. The van der Waals surface area contributed by atoms with Crippen molar-refractivity contribution in [1.29, 1.82) is 0 Å². The fourth-order valence-electron chi connectivity index (χ4n) is 2.30. The lowest BCUT2D eigenvalue weighted by molar-refractivity contribution is -0.138. The third-order valence-electron chi connectivity index (χ3n) is 3.38. The summed E-state index contributed by atoms with van der Waals surface area (Å²) >= 11 is 1.02. The number of fused-ring (bicyclic) bond motifs is 1. The smallest absolute Gasteiger partial charge is 0.305 e. The van der Waals surface area contributed by atoms with E-state index in [0.717, 1.165) is 11.8 Å². The molecule has 0 aromatic heterocycles. The Labute approximate surface area is 140 Å². The fraction of sp³-hybridized carbons (Fsp3) is 0.125. The number of amides is 1. The minimum absolute atomic E-state index is 0.244. The van der Waals surface area contributed by atoms with Gasteiger partial charge in [-0.05, 0) is 11.5 Å². The van der Waals surface area contributed by atoms with Gasteiger partial charge in [-0.15, -0.1) is 5.10 Å². The van der Waals surface area contributed by atoms with Gasteiger partial charge in [0, 0.05) is 10.9 Å². The van der Waals surface area contributed by atoms with E-state index in [1.807, 2.05) is 0 Å². The first-order valence-corrected chi connectivity index (χ1v) is 7.90. The molecule has 1 atom stereocenters. The number of nitrogens with zero attached hydrogens (tertiary/aromatic N) is 2. The number of amidine groups is 1. The highest BCUT2D eigenvalue weighted by molar-refractivity contribution is 8.15. The van der Waals surface area contributed by atoms with Crippen LogP contribution in [0.15, 0.2) is 46.6 Å². The summed E-state index contributed by atoms with van der Waals surface area (Å²) in [5.74, 6) is -1.77. The predicted octanol–water partition coefficient (Wildman–Crippen LogP) is 2.38. The zero-order valence-corrected chi connectivity index (χ0v) is 13.1. The number of rotatable bonds is 4. The number of aliphatic carboxylic acids is 1. The Bertz CT molecular complexity index is 882. The molecule has 3 rings (SSSR count). The van der Waals surface area contributed by atoms with Gasteiger partial charge in [-0.25, -0.2) is 4.39 Å². The topological polar surface area (TPSA) is 91.1 Å². The van der Waals surface area contributed by atoms with Crippen LogP contribution in [0.3, 0.4) is 0 Å². The van der Waals surface area contributed by atoms with Gasteiger partial charge in [0.2, 0.25) is 5.91 Å². The molecular formula is C16H12FN3O3S. The van der Waals surface area contributed by atoms with Gasteiger partial charge in [0.05, 0.1) is 12.6 Å². The van der Waals surface area contributed by atoms with Crippen LogP contribution in [0.4, 0.5) is 4.39 Å². The lowest BCUT2D eigenvalue weighted by Gasteiger charge is -2.02. The number of benzene rings is 2. The van der Waals surface area contributed by atoms with E-state index in [2.05, 4.69) is 15.5 Å². The van der Waals surface area contributed by atoms with Gasteiger partial charge in [-0.2, -0.15) is 5.10 Å². The van der Waals surface area contributed by atoms with Gasteiger partial charge < -0.3 is 10.4 Å². The molecule has 0 bridgehead atoms. The maximum absolute atomic E-state index is 13.8. The summed E-state index contributed by atoms with van der Waals surface area (Å²) in [5, 5.41) is 19.7. The van der Waals surface area contributed by atoms with Crippen molar-refractivity contribution in [1.82, 2.24) is 5.32 Å². The zero-order chi connectivity index (χ0) is 17.1. The van der Waals surface area contributed by atoms with E-state index in [0.29, 0.717) is 16.3 Å². The van der Waals surface area contributed by atoms with Crippen molar-refractivity contribution in [2.24, 2.45) is 10.2 Å². The number of carbonyl (C=O) groups is 2. The Morgan fingerprint density at radius 1 is 1.29 bits per heavy atom. The van der Waals surface area contributed by atoms with Gasteiger partial charge in [-0.3, -0.25) is 9.59 Å². The molecule has 0 radical (unpaired) electrons. The zero-order valence-electron chi connectivity index (χ0n) is 12.3. The Balaban J connectivity index is 1.79. The third kappa shape index (κ3) is 3.43. The van der Waals surface area contributed by atoms with E-state index in [1.165, 1.54) is 12.3 Å². The van der Waals surface area contributed by atoms with Crippen molar-refractivity contribution < 1.29 is 19.1 Å². The van der Waals surface area contributed by atoms with Gasteiger partial charge in [0.15, 0.2) is 5.17 Å². The molecule has 2 aromatic carbocycles. The van der Waals surface area contributed by atoms with Crippen LogP contribution in [0.2, 0.25) is 0 Å². The average Bonchev–Trinajstić information content (AvgIpc) is 2.87. The first-order chi connectivity index (χ1) is 11.5. The molecule has 1 amide bonds. The summed E-state index contributed by atoms with van der Waals surface area (Å²) in [4.78, 5) is 22.3. The van der Waals surface area contributed by atoms with Crippen molar-refractivity contribution in [2.45, 2.75) is 11.7 Å². The summed E-state index contributed by atoms with van der Waals surface area (Å²) in [6.07, 6.45) is 1.19.